The summed E-state index contributed by atoms with van der Waals surface area (Å²) in [4.78, 5) is 0. The zero-order valence-electron chi connectivity index (χ0n) is 8.25. The van der Waals surface area contributed by atoms with Gasteiger partial charge in [0.1, 0.15) is 5.84 Å². The van der Waals surface area contributed by atoms with Gasteiger partial charge in [-0.25, -0.2) is 0 Å². The summed E-state index contributed by atoms with van der Waals surface area (Å²) in [6.07, 6.45) is 2.12. The first-order valence-electron chi connectivity index (χ1n) is 4.69. The van der Waals surface area contributed by atoms with Crippen molar-refractivity contribution in [2.24, 2.45) is 16.8 Å². The van der Waals surface area contributed by atoms with E-state index >= 15 is 0 Å². The van der Waals surface area contributed by atoms with Gasteiger partial charge in [0, 0.05) is 13.0 Å². The standard InChI is InChI=1S/C9H19N3/c1-7(2)4-5-12-8(3)6-9(10)11-12/h7-8H,4-6H2,1-3H3,(H2,10,11). The number of hydrogen-bond donors (Lipinski definition) is 1. The van der Waals surface area contributed by atoms with E-state index in [1.54, 1.807) is 0 Å². The van der Waals surface area contributed by atoms with E-state index in [-0.39, 0.29) is 0 Å². The first-order chi connectivity index (χ1) is 5.59. The molecular formula is C9H19N3. The van der Waals surface area contributed by atoms with Crippen LogP contribution in [-0.2, 0) is 0 Å². The van der Waals surface area contributed by atoms with Gasteiger partial charge < -0.3 is 5.73 Å². The first kappa shape index (κ1) is 9.36. The van der Waals surface area contributed by atoms with E-state index in [0.29, 0.717) is 6.04 Å². The maximum absolute atomic E-state index is 5.63. The Bertz CT molecular complexity index is 175. The molecule has 3 nitrogen and oxygen atoms in total. The fourth-order valence-corrected chi connectivity index (χ4v) is 1.37. The highest BCUT2D eigenvalue weighted by Crippen LogP contribution is 2.14. The molecule has 0 amide bonds. The molecule has 0 fully saturated rings. The van der Waals surface area contributed by atoms with Crippen LogP contribution < -0.4 is 5.73 Å². The van der Waals surface area contributed by atoms with E-state index in [0.717, 1.165) is 24.7 Å². The minimum absolute atomic E-state index is 0.503. The van der Waals surface area contributed by atoms with Crippen molar-refractivity contribution >= 4 is 5.84 Å². The summed E-state index contributed by atoms with van der Waals surface area (Å²) in [6, 6.07) is 0.503. The third-order valence-electron chi connectivity index (χ3n) is 2.21. The quantitative estimate of drug-likeness (QED) is 0.694. The summed E-state index contributed by atoms with van der Waals surface area (Å²) in [5.74, 6) is 1.53. The Hall–Kier alpha value is -0.730. The highest BCUT2D eigenvalue weighted by Gasteiger charge is 2.19. The molecule has 0 radical (unpaired) electrons. The number of amidine groups is 1. The van der Waals surface area contributed by atoms with Crippen LogP contribution in [0.1, 0.15) is 33.6 Å². The van der Waals surface area contributed by atoms with Crippen LogP contribution in [0.5, 0.6) is 0 Å². The van der Waals surface area contributed by atoms with Crippen molar-refractivity contribution in [1.29, 1.82) is 0 Å². The van der Waals surface area contributed by atoms with E-state index in [9.17, 15) is 0 Å². The lowest BCUT2D eigenvalue weighted by molar-refractivity contribution is 0.231. The van der Waals surface area contributed by atoms with Crippen molar-refractivity contribution < 1.29 is 0 Å². The predicted molar refractivity (Wildman–Crippen MR) is 51.9 cm³/mol. The van der Waals surface area contributed by atoms with Gasteiger partial charge in [0.2, 0.25) is 0 Å². The first-order valence-corrected chi connectivity index (χ1v) is 4.69. The van der Waals surface area contributed by atoms with Crippen LogP contribution in [0.4, 0.5) is 0 Å². The molecule has 0 aliphatic carbocycles. The van der Waals surface area contributed by atoms with Gasteiger partial charge in [-0.2, -0.15) is 5.10 Å². The Morgan fingerprint density at radius 3 is 2.75 bits per heavy atom. The monoisotopic (exact) mass is 169 g/mol. The van der Waals surface area contributed by atoms with Gasteiger partial charge >= 0.3 is 0 Å². The van der Waals surface area contributed by atoms with Crippen LogP contribution in [0.25, 0.3) is 0 Å². The SMILES string of the molecule is CC(C)CCN1N=C(N)CC1C. The lowest BCUT2D eigenvalue weighted by Crippen LogP contribution is -2.25. The smallest absolute Gasteiger partial charge is 0.121 e. The fourth-order valence-electron chi connectivity index (χ4n) is 1.37. The Morgan fingerprint density at radius 2 is 2.33 bits per heavy atom. The largest absolute Gasteiger partial charge is 0.386 e. The van der Waals surface area contributed by atoms with E-state index in [4.69, 9.17) is 5.73 Å². The Balaban J connectivity index is 2.32. The van der Waals surface area contributed by atoms with E-state index in [2.05, 4.69) is 30.9 Å². The minimum Gasteiger partial charge on any atom is -0.386 e. The van der Waals surface area contributed by atoms with E-state index < -0.39 is 0 Å². The van der Waals surface area contributed by atoms with Crippen LogP contribution in [0.2, 0.25) is 0 Å². The van der Waals surface area contributed by atoms with E-state index in [1.165, 1.54) is 6.42 Å². The average molecular weight is 169 g/mol. The molecule has 70 valence electrons. The van der Waals surface area contributed by atoms with Crippen LogP contribution in [-0.4, -0.2) is 23.4 Å². The zero-order valence-corrected chi connectivity index (χ0v) is 8.25. The van der Waals surface area contributed by atoms with Crippen molar-refractivity contribution in [2.75, 3.05) is 6.54 Å². The molecule has 0 saturated heterocycles. The molecule has 0 aromatic rings. The molecule has 1 atom stereocenters. The second-order valence-electron chi connectivity index (χ2n) is 3.99. The molecule has 0 bridgehead atoms. The molecule has 12 heavy (non-hydrogen) atoms. The third-order valence-corrected chi connectivity index (χ3v) is 2.21. The molecular weight excluding hydrogens is 150 g/mol. The normalized spacial score (nSPS) is 23.5. The van der Waals surface area contributed by atoms with Crippen molar-refractivity contribution in [2.45, 2.75) is 39.7 Å². The molecule has 2 N–H and O–H groups in total. The van der Waals surface area contributed by atoms with Gasteiger partial charge in [0.25, 0.3) is 0 Å². The van der Waals surface area contributed by atoms with Crippen molar-refractivity contribution in [3.63, 3.8) is 0 Å². The predicted octanol–water partition coefficient (Wildman–Crippen LogP) is 1.40. The Morgan fingerprint density at radius 1 is 1.67 bits per heavy atom. The summed E-state index contributed by atoms with van der Waals surface area (Å²) in [5, 5.41) is 6.38. The molecule has 1 aliphatic rings. The van der Waals surface area contributed by atoms with Crippen LogP contribution in [0.15, 0.2) is 5.10 Å². The van der Waals surface area contributed by atoms with Crippen LogP contribution in [0.3, 0.4) is 0 Å². The second kappa shape index (κ2) is 3.78. The van der Waals surface area contributed by atoms with Crippen molar-refractivity contribution in [3.8, 4) is 0 Å². The number of hydrogen-bond acceptors (Lipinski definition) is 3. The summed E-state index contributed by atoms with van der Waals surface area (Å²) in [7, 11) is 0. The van der Waals surface area contributed by atoms with Crippen LogP contribution in [0, 0.1) is 5.92 Å². The van der Waals surface area contributed by atoms with Gasteiger partial charge in [0.05, 0.1) is 6.04 Å². The van der Waals surface area contributed by atoms with E-state index in [1.807, 2.05) is 0 Å². The average Bonchev–Trinajstić information content (AvgIpc) is 2.26. The summed E-state index contributed by atoms with van der Waals surface area (Å²) >= 11 is 0. The molecule has 0 saturated carbocycles. The van der Waals surface area contributed by atoms with Crippen LogP contribution >= 0.6 is 0 Å². The highest BCUT2D eigenvalue weighted by atomic mass is 15.5. The molecule has 0 aromatic heterocycles. The molecule has 1 heterocycles. The maximum Gasteiger partial charge on any atom is 0.121 e. The summed E-state index contributed by atoms with van der Waals surface area (Å²) in [6.45, 7) is 7.67. The number of nitrogens with two attached hydrogens (primary N) is 1. The summed E-state index contributed by atoms with van der Waals surface area (Å²) < 4.78 is 0. The number of hydrazone groups is 1. The van der Waals surface area contributed by atoms with Gasteiger partial charge in [-0.05, 0) is 19.3 Å². The second-order valence-corrected chi connectivity index (χ2v) is 3.99. The molecule has 1 aliphatic heterocycles. The van der Waals surface area contributed by atoms with Gasteiger partial charge in [-0.1, -0.05) is 13.8 Å². The Labute approximate surface area is 74.6 Å². The maximum atomic E-state index is 5.63. The van der Waals surface area contributed by atoms with Crippen molar-refractivity contribution in [1.82, 2.24) is 5.01 Å². The lowest BCUT2D eigenvalue weighted by Gasteiger charge is -2.20. The van der Waals surface area contributed by atoms with Gasteiger partial charge in [0.15, 0.2) is 0 Å². The summed E-state index contributed by atoms with van der Waals surface area (Å²) in [5.41, 5.74) is 5.63. The lowest BCUT2D eigenvalue weighted by atomic mass is 10.1. The van der Waals surface area contributed by atoms with Gasteiger partial charge in [-0.3, -0.25) is 5.01 Å². The highest BCUT2D eigenvalue weighted by molar-refractivity contribution is 5.81. The zero-order chi connectivity index (χ0) is 9.14. The van der Waals surface area contributed by atoms with Gasteiger partial charge in [-0.15, -0.1) is 0 Å². The Kier molecular flexibility index (Phi) is 2.95. The third kappa shape index (κ3) is 2.40. The number of rotatable bonds is 3. The molecule has 0 spiro atoms. The fraction of sp³-hybridized carbons (Fsp3) is 0.889. The number of nitrogens with zero attached hydrogens (tertiary/aromatic N) is 2. The molecule has 1 rings (SSSR count). The minimum atomic E-state index is 0.503. The van der Waals surface area contributed by atoms with Crippen molar-refractivity contribution in [3.05, 3.63) is 0 Å². The molecule has 0 aromatic carbocycles. The molecule has 1 unspecified atom stereocenters. The topological polar surface area (TPSA) is 41.6 Å². The molecule has 3 heteroatoms.